The van der Waals surface area contributed by atoms with Crippen molar-refractivity contribution in [2.45, 2.75) is 26.1 Å². The van der Waals surface area contributed by atoms with Gasteiger partial charge in [-0.25, -0.2) is 0 Å². The van der Waals surface area contributed by atoms with Crippen molar-refractivity contribution in [2.75, 3.05) is 19.5 Å². The summed E-state index contributed by atoms with van der Waals surface area (Å²) < 4.78 is 57.8. The zero-order chi connectivity index (χ0) is 22.9. The summed E-state index contributed by atoms with van der Waals surface area (Å²) >= 11 is 0. The minimum atomic E-state index is -4.65. The van der Waals surface area contributed by atoms with Gasteiger partial charge in [0.1, 0.15) is 11.5 Å². The molecule has 3 aromatic rings. The Morgan fingerprint density at radius 1 is 1.19 bits per heavy atom. The van der Waals surface area contributed by atoms with E-state index in [0.717, 1.165) is 6.07 Å². The van der Waals surface area contributed by atoms with Gasteiger partial charge >= 0.3 is 6.18 Å². The normalized spacial score (nSPS) is 12.5. The number of nitrogens with zero attached hydrogens (tertiary/aromatic N) is 3. The van der Waals surface area contributed by atoms with Crippen molar-refractivity contribution in [3.05, 3.63) is 35.5 Å². The lowest BCUT2D eigenvalue weighted by Gasteiger charge is -2.17. The lowest BCUT2D eigenvalue weighted by molar-refractivity contribution is -0.136. The van der Waals surface area contributed by atoms with Crippen molar-refractivity contribution in [3.8, 4) is 17.4 Å². The van der Waals surface area contributed by atoms with Crippen LogP contribution in [-0.4, -0.2) is 41.0 Å². The van der Waals surface area contributed by atoms with Crippen molar-refractivity contribution in [1.82, 2.24) is 14.8 Å². The number of carbonyl (C=O) groups is 1. The molecule has 3 rings (SSSR count). The van der Waals surface area contributed by atoms with Gasteiger partial charge in [-0.2, -0.15) is 23.3 Å². The standard InChI is InChI=1S/C20H21F3N4O4/c1-10-17-13(20(21,22)23)9-16(25-18(17)27(3)26-10)31-11(2)19(28)24-14-8-12(29-4)6-7-15(14)30-5/h6-9,11H,1-5H3,(H,24,28)/t11-/m0/s1. The van der Waals surface area contributed by atoms with E-state index in [9.17, 15) is 18.0 Å². The summed E-state index contributed by atoms with van der Waals surface area (Å²) in [6.07, 6.45) is -5.80. The van der Waals surface area contributed by atoms with E-state index >= 15 is 0 Å². The van der Waals surface area contributed by atoms with Gasteiger partial charge in [0.15, 0.2) is 11.8 Å². The number of pyridine rings is 1. The molecule has 2 heterocycles. The van der Waals surface area contributed by atoms with Crippen molar-refractivity contribution in [1.29, 1.82) is 0 Å². The van der Waals surface area contributed by atoms with Gasteiger partial charge in [-0.3, -0.25) is 9.48 Å². The van der Waals surface area contributed by atoms with E-state index < -0.39 is 23.8 Å². The Morgan fingerprint density at radius 2 is 1.90 bits per heavy atom. The zero-order valence-corrected chi connectivity index (χ0v) is 17.5. The molecule has 0 spiro atoms. The van der Waals surface area contributed by atoms with Crippen LogP contribution in [0.5, 0.6) is 17.4 Å². The fourth-order valence-electron chi connectivity index (χ4n) is 3.09. The maximum atomic E-state index is 13.6. The van der Waals surface area contributed by atoms with Crippen molar-refractivity contribution < 1.29 is 32.2 Å². The first-order chi connectivity index (χ1) is 14.5. The van der Waals surface area contributed by atoms with Crippen LogP contribution in [0.2, 0.25) is 0 Å². The molecule has 0 aliphatic rings. The lowest BCUT2D eigenvalue weighted by Crippen LogP contribution is -2.30. The number of nitrogens with one attached hydrogen (secondary N) is 1. The van der Waals surface area contributed by atoms with E-state index in [2.05, 4.69) is 15.4 Å². The minimum absolute atomic E-state index is 0.00407. The highest BCUT2D eigenvalue weighted by molar-refractivity contribution is 5.95. The van der Waals surface area contributed by atoms with Crippen LogP contribution in [0.1, 0.15) is 18.2 Å². The third-order valence-corrected chi connectivity index (χ3v) is 4.58. The molecule has 1 amide bonds. The van der Waals surface area contributed by atoms with Gasteiger partial charge in [0.2, 0.25) is 5.88 Å². The number of rotatable bonds is 6. The topological polar surface area (TPSA) is 87.5 Å². The third kappa shape index (κ3) is 4.49. The number of methoxy groups -OCH3 is 2. The number of hydrogen-bond donors (Lipinski definition) is 1. The maximum absolute atomic E-state index is 13.6. The van der Waals surface area contributed by atoms with Crippen molar-refractivity contribution in [2.24, 2.45) is 7.05 Å². The van der Waals surface area contributed by atoms with Gasteiger partial charge in [0.25, 0.3) is 5.91 Å². The number of anilines is 1. The Bertz CT molecular complexity index is 1130. The second-order valence-corrected chi connectivity index (χ2v) is 6.73. The molecule has 11 heteroatoms. The van der Waals surface area contributed by atoms with Crippen LogP contribution in [0.3, 0.4) is 0 Å². The van der Waals surface area contributed by atoms with E-state index in [1.54, 1.807) is 18.2 Å². The Balaban J connectivity index is 1.89. The van der Waals surface area contributed by atoms with Gasteiger partial charge in [0.05, 0.1) is 36.6 Å². The second-order valence-electron chi connectivity index (χ2n) is 6.73. The average Bonchev–Trinajstić information content (AvgIpc) is 3.00. The van der Waals surface area contributed by atoms with Crippen LogP contribution in [0.15, 0.2) is 24.3 Å². The van der Waals surface area contributed by atoms with Crippen LogP contribution >= 0.6 is 0 Å². The summed E-state index contributed by atoms with van der Waals surface area (Å²) in [5.74, 6) is -0.0879. The van der Waals surface area contributed by atoms with Crippen molar-refractivity contribution in [3.63, 3.8) is 0 Å². The van der Waals surface area contributed by atoms with Gasteiger partial charge < -0.3 is 19.5 Å². The number of amides is 1. The number of alkyl halides is 3. The number of aryl methyl sites for hydroxylation is 2. The highest BCUT2D eigenvalue weighted by Gasteiger charge is 2.36. The largest absolute Gasteiger partial charge is 0.497 e. The minimum Gasteiger partial charge on any atom is -0.497 e. The molecule has 1 aromatic carbocycles. The Kier molecular flexibility index (Phi) is 5.96. The van der Waals surface area contributed by atoms with E-state index in [-0.39, 0.29) is 22.6 Å². The molecule has 31 heavy (non-hydrogen) atoms. The molecule has 0 radical (unpaired) electrons. The highest BCUT2D eigenvalue weighted by atomic mass is 19.4. The molecule has 1 N–H and O–H groups in total. The molecule has 0 aliphatic heterocycles. The van der Waals surface area contributed by atoms with E-state index in [1.165, 1.54) is 39.8 Å². The van der Waals surface area contributed by atoms with Gasteiger partial charge in [-0.15, -0.1) is 0 Å². The van der Waals surface area contributed by atoms with Gasteiger partial charge in [-0.05, 0) is 26.0 Å². The number of benzene rings is 1. The summed E-state index contributed by atoms with van der Waals surface area (Å²) in [4.78, 5) is 16.7. The molecule has 0 aliphatic carbocycles. The molecule has 2 aromatic heterocycles. The first kappa shape index (κ1) is 22.2. The number of halogens is 3. The molecule has 0 unspecified atom stereocenters. The fraction of sp³-hybridized carbons (Fsp3) is 0.350. The predicted molar refractivity (Wildman–Crippen MR) is 107 cm³/mol. The number of ether oxygens (including phenoxy) is 3. The quantitative estimate of drug-likeness (QED) is 0.631. The van der Waals surface area contributed by atoms with Crippen molar-refractivity contribution >= 4 is 22.6 Å². The molecule has 0 bridgehead atoms. The average molecular weight is 438 g/mol. The summed E-state index contributed by atoms with van der Waals surface area (Å²) in [6.45, 7) is 2.87. The fourth-order valence-corrected chi connectivity index (χ4v) is 3.09. The maximum Gasteiger partial charge on any atom is 0.417 e. The van der Waals surface area contributed by atoms with Gasteiger partial charge in [-0.1, -0.05) is 0 Å². The molecule has 166 valence electrons. The molecule has 0 fully saturated rings. The van der Waals surface area contributed by atoms with Crippen LogP contribution in [0.25, 0.3) is 11.0 Å². The smallest absolute Gasteiger partial charge is 0.417 e. The molecule has 8 nitrogen and oxygen atoms in total. The molecular formula is C20H21F3N4O4. The third-order valence-electron chi connectivity index (χ3n) is 4.58. The Hall–Kier alpha value is -3.50. The molecule has 0 saturated heterocycles. The molecule has 1 atom stereocenters. The zero-order valence-electron chi connectivity index (χ0n) is 17.5. The second kappa shape index (κ2) is 8.32. The van der Waals surface area contributed by atoms with Crippen LogP contribution < -0.4 is 19.5 Å². The van der Waals surface area contributed by atoms with Crippen LogP contribution in [0.4, 0.5) is 18.9 Å². The number of aromatic nitrogens is 3. The molecular weight excluding hydrogens is 417 g/mol. The number of hydrogen-bond acceptors (Lipinski definition) is 6. The van der Waals surface area contributed by atoms with E-state index in [1.807, 2.05) is 0 Å². The molecule has 0 saturated carbocycles. The number of fused-ring (bicyclic) bond motifs is 1. The van der Waals surface area contributed by atoms with Crippen LogP contribution in [0, 0.1) is 6.92 Å². The lowest BCUT2D eigenvalue weighted by atomic mass is 10.1. The number of carbonyl (C=O) groups excluding carboxylic acids is 1. The monoisotopic (exact) mass is 438 g/mol. The first-order valence-corrected chi connectivity index (χ1v) is 9.16. The van der Waals surface area contributed by atoms with Gasteiger partial charge in [0, 0.05) is 19.2 Å². The van der Waals surface area contributed by atoms with Crippen LogP contribution in [-0.2, 0) is 18.0 Å². The van der Waals surface area contributed by atoms with E-state index in [4.69, 9.17) is 14.2 Å². The Morgan fingerprint density at radius 3 is 2.52 bits per heavy atom. The first-order valence-electron chi connectivity index (χ1n) is 9.16. The Labute approximate surface area is 175 Å². The summed E-state index contributed by atoms with van der Waals surface area (Å²) in [7, 11) is 4.39. The predicted octanol–water partition coefficient (Wildman–Crippen LogP) is 3.72. The SMILES string of the molecule is COc1ccc(OC)c(NC(=O)[C@H](C)Oc2cc(C(F)(F)F)c3c(C)nn(C)c3n2)c1. The summed E-state index contributed by atoms with van der Waals surface area (Å²) in [6, 6.07) is 5.58. The summed E-state index contributed by atoms with van der Waals surface area (Å²) in [5, 5.41) is 6.51. The van der Waals surface area contributed by atoms with E-state index in [0.29, 0.717) is 17.2 Å². The highest BCUT2D eigenvalue weighted by Crippen LogP contribution is 2.37. The summed E-state index contributed by atoms with van der Waals surface area (Å²) in [5.41, 5.74) is -0.409.